The van der Waals surface area contributed by atoms with E-state index in [4.69, 9.17) is 10.5 Å². The molecule has 13 heteroatoms. The minimum atomic E-state index is -4.79. The number of nitrogens with zero attached hydrogens (tertiary/aromatic N) is 2. The Kier molecular flexibility index (Phi) is 5.77. The van der Waals surface area contributed by atoms with Crippen LogP contribution in [0.2, 0.25) is 0 Å². The van der Waals surface area contributed by atoms with E-state index in [1.807, 2.05) is 0 Å². The molecule has 6 nitrogen and oxygen atoms in total. The van der Waals surface area contributed by atoms with Crippen molar-refractivity contribution in [1.29, 1.82) is 0 Å². The molecule has 4 atom stereocenters. The van der Waals surface area contributed by atoms with Gasteiger partial charge in [-0.05, 0) is 42.5 Å². The first kappa shape index (κ1) is 25.4. The number of alkyl halides is 6. The van der Waals surface area contributed by atoms with Gasteiger partial charge in [0.05, 0.1) is 35.4 Å². The van der Waals surface area contributed by atoms with E-state index < -0.39 is 70.1 Å². The normalized spacial score (nSPS) is 26.4. The van der Waals surface area contributed by atoms with Gasteiger partial charge in [-0.1, -0.05) is 6.07 Å². The zero-order chi connectivity index (χ0) is 26.9. The molecule has 1 aliphatic carbocycles. The first-order valence-electron chi connectivity index (χ1n) is 11.3. The van der Waals surface area contributed by atoms with Crippen molar-refractivity contribution in [2.45, 2.75) is 42.7 Å². The van der Waals surface area contributed by atoms with Crippen molar-refractivity contribution in [3.05, 3.63) is 64.7 Å². The highest BCUT2D eigenvalue weighted by atomic mass is 19.4. The van der Waals surface area contributed by atoms with Crippen molar-refractivity contribution in [3.63, 3.8) is 0 Å². The third-order valence-corrected chi connectivity index (χ3v) is 7.58. The number of ether oxygens (including phenoxy) is 1. The molecular formula is C24H20F7N3O3. The molecule has 5 rings (SSSR count). The van der Waals surface area contributed by atoms with Crippen molar-refractivity contribution in [2.24, 2.45) is 17.6 Å². The summed E-state index contributed by atoms with van der Waals surface area (Å²) in [6.45, 7) is 0.266. The topological polar surface area (TPSA) is 85.5 Å². The number of piperidine rings is 1. The van der Waals surface area contributed by atoms with Crippen molar-refractivity contribution in [3.8, 4) is 0 Å². The van der Waals surface area contributed by atoms with Gasteiger partial charge in [0.15, 0.2) is 0 Å². The van der Waals surface area contributed by atoms with E-state index in [2.05, 4.69) is 4.98 Å². The number of primary amides is 1. The van der Waals surface area contributed by atoms with E-state index in [1.165, 1.54) is 0 Å². The number of carbonyl (C=O) groups is 2. The van der Waals surface area contributed by atoms with Gasteiger partial charge in [0, 0.05) is 24.2 Å². The maximum atomic E-state index is 15.2. The molecule has 2 aromatic rings. The first-order chi connectivity index (χ1) is 17.2. The minimum absolute atomic E-state index is 0.0890. The highest BCUT2D eigenvalue weighted by Gasteiger charge is 2.72. The van der Waals surface area contributed by atoms with Crippen molar-refractivity contribution >= 4 is 11.8 Å². The van der Waals surface area contributed by atoms with Gasteiger partial charge >= 0.3 is 12.4 Å². The largest absolute Gasteiger partial charge is 0.417 e. The van der Waals surface area contributed by atoms with Crippen LogP contribution in [0, 0.1) is 17.7 Å². The average molecular weight is 531 g/mol. The van der Waals surface area contributed by atoms with Crippen LogP contribution in [0.4, 0.5) is 30.7 Å². The second-order valence-electron chi connectivity index (χ2n) is 9.69. The zero-order valence-corrected chi connectivity index (χ0v) is 18.9. The highest BCUT2D eigenvalue weighted by molar-refractivity contribution is 5.99. The molecule has 0 radical (unpaired) electrons. The van der Waals surface area contributed by atoms with E-state index in [9.17, 15) is 35.9 Å². The fourth-order valence-corrected chi connectivity index (χ4v) is 5.87. The van der Waals surface area contributed by atoms with E-state index in [-0.39, 0.29) is 37.5 Å². The molecule has 198 valence electrons. The lowest BCUT2D eigenvalue weighted by Gasteiger charge is -2.44. The molecule has 2 amide bonds. The number of hydrogen-bond donors (Lipinski definition) is 1. The number of aromatic nitrogens is 1. The fraction of sp³-hybridized carbons (Fsp3) is 0.458. The Balaban J connectivity index is 1.60. The molecule has 1 aromatic carbocycles. The van der Waals surface area contributed by atoms with Crippen LogP contribution >= 0.6 is 0 Å². The Morgan fingerprint density at radius 3 is 2.27 bits per heavy atom. The fourth-order valence-electron chi connectivity index (χ4n) is 5.87. The predicted octanol–water partition coefficient (Wildman–Crippen LogP) is 4.15. The maximum absolute atomic E-state index is 15.2. The number of hydrogen-bond acceptors (Lipinski definition) is 4. The van der Waals surface area contributed by atoms with Crippen LogP contribution in [0.3, 0.4) is 0 Å². The second kappa shape index (κ2) is 8.40. The number of fused-ring (bicyclic) bond motifs is 1. The summed E-state index contributed by atoms with van der Waals surface area (Å²) >= 11 is 0. The van der Waals surface area contributed by atoms with E-state index in [1.54, 1.807) is 0 Å². The van der Waals surface area contributed by atoms with E-state index >= 15 is 4.39 Å². The molecule has 3 aliphatic rings. The number of nitrogens with two attached hydrogens (primary N) is 1. The summed E-state index contributed by atoms with van der Waals surface area (Å²) in [6, 6.07) is 1.54. The predicted molar refractivity (Wildman–Crippen MR) is 112 cm³/mol. The third kappa shape index (κ3) is 4.12. The number of pyridine rings is 1. The summed E-state index contributed by atoms with van der Waals surface area (Å²) in [6.07, 6.45) is -7.71. The maximum Gasteiger partial charge on any atom is 0.417 e. The summed E-state index contributed by atoms with van der Waals surface area (Å²) in [5.74, 6) is -4.61. The molecule has 0 spiro atoms. The Bertz CT molecular complexity index is 1260. The van der Waals surface area contributed by atoms with Crippen LogP contribution < -0.4 is 5.73 Å². The van der Waals surface area contributed by atoms with Gasteiger partial charge in [-0.3, -0.25) is 14.6 Å². The number of likely N-dealkylation sites (tertiary alicyclic amines) is 1. The summed E-state index contributed by atoms with van der Waals surface area (Å²) < 4.78 is 99.7. The Morgan fingerprint density at radius 2 is 1.73 bits per heavy atom. The monoisotopic (exact) mass is 531 g/mol. The standard InChI is InChI=1S/C24H20F7N3O3/c25-17-4-13(23(26,27)28)1-2-16(17)19(12-9-37-10-12)22-6-14(22)5-18(20(32)35)34(22)21(36)11-3-15(8-33-7-11)24(29,30)31/h1-4,7-8,12,14,18-19H,5-6,9-10H2,(H2,32,35)/t14?,18?,19-,22?/m1/s1. The molecule has 3 fully saturated rings. The number of rotatable bonds is 5. The van der Waals surface area contributed by atoms with Gasteiger partial charge in [-0.2, -0.15) is 26.3 Å². The summed E-state index contributed by atoms with van der Waals surface area (Å²) in [5.41, 5.74) is 1.42. The first-order valence-corrected chi connectivity index (χ1v) is 11.3. The van der Waals surface area contributed by atoms with Crippen LogP contribution in [-0.2, 0) is 21.9 Å². The molecule has 2 N–H and O–H groups in total. The van der Waals surface area contributed by atoms with E-state index in [0.717, 1.165) is 23.2 Å². The minimum Gasteiger partial charge on any atom is -0.381 e. The van der Waals surface area contributed by atoms with Gasteiger partial charge in [0.1, 0.15) is 11.9 Å². The Hall–Kier alpha value is -3.22. The summed E-state index contributed by atoms with van der Waals surface area (Å²) in [7, 11) is 0. The molecule has 37 heavy (non-hydrogen) atoms. The smallest absolute Gasteiger partial charge is 0.381 e. The van der Waals surface area contributed by atoms with Crippen molar-refractivity contribution in [2.75, 3.05) is 13.2 Å². The Morgan fingerprint density at radius 1 is 1.05 bits per heavy atom. The van der Waals surface area contributed by atoms with Crippen LogP contribution in [-0.4, -0.2) is 46.5 Å². The van der Waals surface area contributed by atoms with Crippen molar-refractivity contribution in [1.82, 2.24) is 9.88 Å². The number of amides is 2. The van der Waals surface area contributed by atoms with Gasteiger partial charge in [0.25, 0.3) is 5.91 Å². The lowest BCUT2D eigenvalue weighted by atomic mass is 9.76. The SMILES string of the molecule is NC(=O)C1CC2CC2([C@@H](c2ccc(C(F)(F)F)cc2F)C2COC2)N1C(=O)c1cncc(C(F)(F)F)c1. The molecule has 1 aromatic heterocycles. The lowest BCUT2D eigenvalue weighted by Crippen LogP contribution is -2.55. The van der Waals surface area contributed by atoms with Gasteiger partial charge in [0.2, 0.25) is 5.91 Å². The van der Waals surface area contributed by atoms with Crippen LogP contribution in [0.5, 0.6) is 0 Å². The average Bonchev–Trinajstić information content (AvgIpc) is 3.39. The number of carbonyl (C=O) groups excluding carboxylic acids is 2. The third-order valence-electron chi connectivity index (χ3n) is 7.58. The molecule has 2 aliphatic heterocycles. The second-order valence-corrected chi connectivity index (χ2v) is 9.69. The van der Waals surface area contributed by atoms with Crippen LogP contribution in [0.1, 0.15) is 45.8 Å². The summed E-state index contributed by atoms with van der Waals surface area (Å²) in [4.78, 5) is 30.6. The summed E-state index contributed by atoms with van der Waals surface area (Å²) in [5, 5.41) is 0. The highest BCUT2D eigenvalue weighted by Crippen LogP contribution is 2.67. The molecule has 2 saturated heterocycles. The van der Waals surface area contributed by atoms with Gasteiger partial charge in [-0.15, -0.1) is 0 Å². The van der Waals surface area contributed by atoms with Gasteiger partial charge in [-0.25, -0.2) is 4.39 Å². The molecule has 3 heterocycles. The van der Waals surface area contributed by atoms with Crippen LogP contribution in [0.15, 0.2) is 36.7 Å². The molecule has 3 unspecified atom stereocenters. The Labute approximate surface area is 205 Å². The molecule has 0 bridgehead atoms. The van der Waals surface area contributed by atoms with Crippen molar-refractivity contribution < 1.29 is 45.1 Å². The van der Waals surface area contributed by atoms with Crippen LogP contribution in [0.25, 0.3) is 0 Å². The lowest BCUT2D eigenvalue weighted by molar-refractivity contribution is -0.138. The van der Waals surface area contributed by atoms with E-state index in [0.29, 0.717) is 18.3 Å². The quantitative estimate of drug-likeness (QED) is 0.588. The molecular weight excluding hydrogens is 511 g/mol. The number of halogens is 7. The van der Waals surface area contributed by atoms with Gasteiger partial charge < -0.3 is 15.4 Å². The molecule has 1 saturated carbocycles. The number of benzene rings is 1. The zero-order valence-electron chi connectivity index (χ0n) is 18.9.